The molecule has 1 aromatic carbocycles. The summed E-state index contributed by atoms with van der Waals surface area (Å²) >= 11 is 0. The van der Waals surface area contributed by atoms with Crippen LogP contribution in [0.25, 0.3) is 10.9 Å². The number of nitrogens with zero attached hydrogens (tertiary/aromatic N) is 2. The maximum absolute atomic E-state index is 12.3. The second-order valence-electron chi connectivity index (χ2n) is 5.74. The Labute approximate surface area is 124 Å². The first-order valence-corrected chi connectivity index (χ1v) is 7.45. The van der Waals surface area contributed by atoms with Gasteiger partial charge in [0.25, 0.3) is 0 Å². The standard InChI is InChI=1S/C17H19N3O/c1-12-4-6-16-15(9-12)13(11-19-16)5-7-17(21)20-8-2-3-14(20)10-18/h4,6,9,11,14,19H,2-3,5,7-8H2,1H3. The number of carbonyl (C=O) groups excluding carboxylic acids is 1. The van der Waals surface area contributed by atoms with E-state index in [0.29, 0.717) is 6.42 Å². The third kappa shape index (κ3) is 2.64. The molecule has 21 heavy (non-hydrogen) atoms. The molecule has 1 fully saturated rings. The number of rotatable bonds is 3. The molecule has 1 unspecified atom stereocenters. The number of carbonyl (C=O) groups is 1. The molecule has 1 aromatic heterocycles. The highest BCUT2D eigenvalue weighted by Gasteiger charge is 2.28. The zero-order chi connectivity index (χ0) is 14.8. The van der Waals surface area contributed by atoms with Crippen LogP contribution >= 0.6 is 0 Å². The molecular formula is C17H19N3O. The van der Waals surface area contributed by atoms with Crippen molar-refractivity contribution in [1.82, 2.24) is 9.88 Å². The Balaban J connectivity index is 1.70. The van der Waals surface area contributed by atoms with Crippen LogP contribution in [0.15, 0.2) is 24.4 Å². The van der Waals surface area contributed by atoms with Gasteiger partial charge in [-0.15, -0.1) is 0 Å². The zero-order valence-electron chi connectivity index (χ0n) is 12.2. The predicted octanol–water partition coefficient (Wildman–Crippen LogP) is 2.92. The Morgan fingerprint density at radius 3 is 3.19 bits per heavy atom. The van der Waals surface area contributed by atoms with E-state index in [4.69, 9.17) is 5.26 Å². The van der Waals surface area contributed by atoms with Crippen LogP contribution < -0.4 is 0 Å². The highest BCUT2D eigenvalue weighted by Crippen LogP contribution is 2.22. The third-order valence-corrected chi connectivity index (χ3v) is 4.25. The van der Waals surface area contributed by atoms with Crippen molar-refractivity contribution in [3.63, 3.8) is 0 Å². The van der Waals surface area contributed by atoms with E-state index in [1.54, 1.807) is 4.90 Å². The number of H-pyrrole nitrogens is 1. The number of nitrogens with one attached hydrogen (secondary N) is 1. The van der Waals surface area contributed by atoms with Crippen LogP contribution in [-0.2, 0) is 11.2 Å². The molecule has 0 saturated carbocycles. The van der Waals surface area contributed by atoms with E-state index in [9.17, 15) is 4.79 Å². The highest BCUT2D eigenvalue weighted by molar-refractivity contribution is 5.85. The molecule has 1 aliphatic heterocycles. The molecule has 1 amide bonds. The number of nitriles is 1. The van der Waals surface area contributed by atoms with Crippen LogP contribution in [0.3, 0.4) is 0 Å². The minimum absolute atomic E-state index is 0.0982. The second kappa shape index (κ2) is 5.61. The zero-order valence-corrected chi connectivity index (χ0v) is 12.2. The fraction of sp³-hybridized carbons (Fsp3) is 0.412. The average Bonchev–Trinajstić information content (AvgIpc) is 3.11. The number of benzene rings is 1. The summed E-state index contributed by atoms with van der Waals surface area (Å²) in [4.78, 5) is 17.3. The van der Waals surface area contributed by atoms with Gasteiger partial charge in [-0.3, -0.25) is 4.79 Å². The maximum Gasteiger partial charge on any atom is 0.223 e. The van der Waals surface area contributed by atoms with Gasteiger partial charge in [-0.25, -0.2) is 0 Å². The maximum atomic E-state index is 12.3. The number of aromatic nitrogens is 1. The third-order valence-electron chi connectivity index (χ3n) is 4.25. The predicted molar refractivity (Wildman–Crippen MR) is 81.7 cm³/mol. The highest BCUT2D eigenvalue weighted by atomic mass is 16.2. The van der Waals surface area contributed by atoms with Crippen molar-refractivity contribution in [3.8, 4) is 6.07 Å². The summed E-state index contributed by atoms with van der Waals surface area (Å²) in [6, 6.07) is 8.31. The lowest BCUT2D eigenvalue weighted by Crippen LogP contribution is -2.34. The smallest absolute Gasteiger partial charge is 0.223 e. The van der Waals surface area contributed by atoms with Crippen LogP contribution in [0.4, 0.5) is 0 Å². The summed E-state index contributed by atoms with van der Waals surface area (Å²) in [6.45, 7) is 2.80. The molecule has 3 rings (SSSR count). The quantitative estimate of drug-likeness (QED) is 0.940. The monoisotopic (exact) mass is 281 g/mol. The minimum atomic E-state index is -0.220. The molecule has 2 heterocycles. The topological polar surface area (TPSA) is 59.9 Å². The van der Waals surface area contributed by atoms with Crippen LogP contribution in [0.2, 0.25) is 0 Å². The molecule has 4 nitrogen and oxygen atoms in total. The van der Waals surface area contributed by atoms with Crippen molar-refractivity contribution >= 4 is 16.8 Å². The summed E-state index contributed by atoms with van der Waals surface area (Å²) in [5.74, 6) is 0.0982. The number of aromatic amines is 1. The lowest BCUT2D eigenvalue weighted by atomic mass is 10.1. The Kier molecular flexibility index (Phi) is 3.66. The van der Waals surface area contributed by atoms with Gasteiger partial charge in [-0.2, -0.15) is 5.26 Å². The minimum Gasteiger partial charge on any atom is -0.361 e. The van der Waals surface area contributed by atoms with E-state index < -0.39 is 0 Å². The second-order valence-corrected chi connectivity index (χ2v) is 5.74. The van der Waals surface area contributed by atoms with Crippen LogP contribution in [0.1, 0.15) is 30.4 Å². The summed E-state index contributed by atoms with van der Waals surface area (Å²) < 4.78 is 0. The molecule has 1 N–H and O–H groups in total. The summed E-state index contributed by atoms with van der Waals surface area (Å²) in [5, 5.41) is 10.3. The Morgan fingerprint density at radius 2 is 2.38 bits per heavy atom. The summed E-state index contributed by atoms with van der Waals surface area (Å²) in [5.41, 5.74) is 3.51. The fourth-order valence-corrected chi connectivity index (χ4v) is 3.08. The number of fused-ring (bicyclic) bond motifs is 1. The van der Waals surface area contributed by atoms with E-state index in [2.05, 4.69) is 36.2 Å². The normalized spacial score (nSPS) is 18.1. The first kappa shape index (κ1) is 13.7. The first-order valence-electron chi connectivity index (χ1n) is 7.45. The summed E-state index contributed by atoms with van der Waals surface area (Å²) in [7, 11) is 0. The molecule has 2 aromatic rings. The molecule has 4 heteroatoms. The molecule has 0 bridgehead atoms. The largest absolute Gasteiger partial charge is 0.361 e. The van der Waals surface area contributed by atoms with Gasteiger partial charge >= 0.3 is 0 Å². The molecule has 1 saturated heterocycles. The van der Waals surface area contributed by atoms with E-state index in [0.717, 1.165) is 31.3 Å². The van der Waals surface area contributed by atoms with Gasteiger partial charge in [0.1, 0.15) is 6.04 Å². The van der Waals surface area contributed by atoms with Gasteiger partial charge in [0, 0.05) is 30.1 Å². The van der Waals surface area contributed by atoms with Crippen molar-refractivity contribution in [3.05, 3.63) is 35.5 Å². The van der Waals surface area contributed by atoms with Crippen molar-refractivity contribution in [2.75, 3.05) is 6.54 Å². The van der Waals surface area contributed by atoms with E-state index in [-0.39, 0.29) is 11.9 Å². The van der Waals surface area contributed by atoms with E-state index >= 15 is 0 Å². The Morgan fingerprint density at radius 1 is 1.52 bits per heavy atom. The number of hydrogen-bond acceptors (Lipinski definition) is 2. The van der Waals surface area contributed by atoms with E-state index in [1.807, 2.05) is 6.20 Å². The van der Waals surface area contributed by atoms with E-state index in [1.165, 1.54) is 16.5 Å². The number of hydrogen-bond donors (Lipinski definition) is 1. The van der Waals surface area contributed by atoms with Gasteiger partial charge in [0.2, 0.25) is 5.91 Å². The van der Waals surface area contributed by atoms with Gasteiger partial charge < -0.3 is 9.88 Å². The van der Waals surface area contributed by atoms with Gasteiger partial charge in [-0.05, 0) is 43.9 Å². The van der Waals surface area contributed by atoms with Gasteiger partial charge in [0.15, 0.2) is 0 Å². The molecule has 0 aliphatic carbocycles. The molecule has 1 aliphatic rings. The first-order chi connectivity index (χ1) is 10.2. The number of aryl methyl sites for hydroxylation is 2. The van der Waals surface area contributed by atoms with Crippen LogP contribution in [-0.4, -0.2) is 28.4 Å². The van der Waals surface area contributed by atoms with Crippen molar-refractivity contribution in [2.45, 2.75) is 38.6 Å². The molecule has 108 valence electrons. The van der Waals surface area contributed by atoms with Crippen molar-refractivity contribution < 1.29 is 4.79 Å². The molecule has 0 radical (unpaired) electrons. The SMILES string of the molecule is Cc1ccc2[nH]cc(CCC(=O)N3CCCC3C#N)c2c1. The van der Waals surface area contributed by atoms with Gasteiger partial charge in [0.05, 0.1) is 6.07 Å². The number of amides is 1. The lowest BCUT2D eigenvalue weighted by Gasteiger charge is -2.19. The van der Waals surface area contributed by atoms with Gasteiger partial charge in [-0.1, -0.05) is 11.6 Å². The molecule has 1 atom stereocenters. The molecular weight excluding hydrogens is 262 g/mol. The summed E-state index contributed by atoms with van der Waals surface area (Å²) in [6.07, 6.45) is 4.93. The lowest BCUT2D eigenvalue weighted by molar-refractivity contribution is -0.131. The Bertz CT molecular complexity index is 710. The average molecular weight is 281 g/mol. The number of likely N-dealkylation sites (tertiary alicyclic amines) is 1. The fourth-order valence-electron chi connectivity index (χ4n) is 3.08. The van der Waals surface area contributed by atoms with Crippen LogP contribution in [0, 0.1) is 18.3 Å². The van der Waals surface area contributed by atoms with Crippen molar-refractivity contribution in [1.29, 1.82) is 5.26 Å². The Hall–Kier alpha value is -2.28. The van der Waals surface area contributed by atoms with Crippen molar-refractivity contribution in [2.24, 2.45) is 0 Å². The van der Waals surface area contributed by atoms with Crippen LogP contribution in [0.5, 0.6) is 0 Å². The molecule has 0 spiro atoms.